The van der Waals surface area contributed by atoms with Crippen LogP contribution in [0.3, 0.4) is 0 Å². The molecule has 0 aliphatic carbocycles. The molecule has 0 heterocycles. The monoisotopic (exact) mass is 267 g/mol. The number of carbonyl (C=O) groups is 3. The number of benzene rings is 1. The molecule has 8 nitrogen and oxygen atoms in total. The van der Waals surface area contributed by atoms with Crippen molar-refractivity contribution < 1.29 is 24.6 Å². The molecule has 0 aliphatic rings. The Kier molecular flexibility index (Phi) is 4.30. The van der Waals surface area contributed by atoms with Gasteiger partial charge in [-0.05, 0) is 18.2 Å². The topological polar surface area (TPSA) is 147 Å². The zero-order chi connectivity index (χ0) is 14.6. The molecule has 0 bridgehead atoms. The van der Waals surface area contributed by atoms with E-state index in [0.29, 0.717) is 4.90 Å². The smallest absolute Gasteiger partial charge is 0.323 e. The summed E-state index contributed by atoms with van der Waals surface area (Å²) >= 11 is 0. The summed E-state index contributed by atoms with van der Waals surface area (Å²) in [5.74, 6) is -3.39. The highest BCUT2D eigenvalue weighted by Crippen LogP contribution is 2.15. The van der Waals surface area contributed by atoms with Crippen molar-refractivity contribution in [3.8, 4) is 0 Å². The predicted octanol–water partition coefficient (Wildman–Crippen LogP) is -0.538. The van der Waals surface area contributed by atoms with Crippen LogP contribution in [0, 0.1) is 0 Å². The fraction of sp³-hybridized carbons (Fsp3) is 0.182. The van der Waals surface area contributed by atoms with E-state index < -0.39 is 30.9 Å². The number of carboxylic acid groups (broad SMARTS) is 2. The Hall–Kier alpha value is -2.77. The lowest BCUT2D eigenvalue weighted by atomic mass is 10.1. The Labute approximate surface area is 108 Å². The first-order valence-corrected chi connectivity index (χ1v) is 5.18. The maximum atomic E-state index is 12.0. The van der Waals surface area contributed by atoms with Gasteiger partial charge in [0.1, 0.15) is 13.1 Å². The molecule has 1 rings (SSSR count). The van der Waals surface area contributed by atoms with E-state index >= 15 is 0 Å². The van der Waals surface area contributed by atoms with Gasteiger partial charge >= 0.3 is 11.9 Å². The van der Waals surface area contributed by atoms with Gasteiger partial charge in [-0.3, -0.25) is 14.4 Å². The number of hydrogen-bond donors (Lipinski definition) is 4. The lowest BCUT2D eigenvalue weighted by Gasteiger charge is -2.18. The Morgan fingerprint density at radius 1 is 0.947 bits per heavy atom. The molecular formula is C11H13N3O5. The van der Waals surface area contributed by atoms with Gasteiger partial charge in [-0.1, -0.05) is 0 Å². The van der Waals surface area contributed by atoms with Crippen LogP contribution in [0.2, 0.25) is 0 Å². The van der Waals surface area contributed by atoms with Crippen molar-refractivity contribution in [3.05, 3.63) is 23.8 Å². The van der Waals surface area contributed by atoms with E-state index in [4.69, 9.17) is 21.7 Å². The summed E-state index contributed by atoms with van der Waals surface area (Å²) in [4.78, 5) is 33.9. The van der Waals surface area contributed by atoms with Crippen LogP contribution in [0.5, 0.6) is 0 Å². The van der Waals surface area contributed by atoms with Crippen molar-refractivity contribution >= 4 is 29.2 Å². The minimum atomic E-state index is -1.31. The van der Waals surface area contributed by atoms with E-state index in [1.54, 1.807) is 0 Å². The summed E-state index contributed by atoms with van der Waals surface area (Å²) in [5.41, 5.74) is 11.5. The number of nitrogens with zero attached hydrogens (tertiary/aromatic N) is 1. The standard InChI is InChI=1S/C11H13N3O5/c12-7-1-6(2-8(13)3-7)11(19)14(4-9(15)16)5-10(17)18/h1-3H,4-5,12-13H2,(H,15,16)(H,17,18). The lowest BCUT2D eigenvalue weighted by molar-refractivity contribution is -0.140. The third-order valence-corrected chi connectivity index (χ3v) is 2.16. The Bertz CT molecular complexity index is 493. The van der Waals surface area contributed by atoms with E-state index in [1.165, 1.54) is 18.2 Å². The number of nitrogen functional groups attached to an aromatic ring is 2. The van der Waals surface area contributed by atoms with Crippen molar-refractivity contribution in [1.29, 1.82) is 0 Å². The Morgan fingerprint density at radius 3 is 1.74 bits per heavy atom. The normalized spacial score (nSPS) is 9.89. The summed E-state index contributed by atoms with van der Waals surface area (Å²) in [6, 6.07) is 4.03. The van der Waals surface area contributed by atoms with Crippen LogP contribution in [0.25, 0.3) is 0 Å². The van der Waals surface area contributed by atoms with Gasteiger partial charge in [0.15, 0.2) is 0 Å². The van der Waals surface area contributed by atoms with Crippen molar-refractivity contribution in [3.63, 3.8) is 0 Å². The minimum Gasteiger partial charge on any atom is -0.480 e. The molecule has 0 saturated heterocycles. The Morgan fingerprint density at radius 2 is 1.37 bits per heavy atom. The summed E-state index contributed by atoms with van der Waals surface area (Å²) in [7, 11) is 0. The van der Waals surface area contributed by atoms with Crippen LogP contribution >= 0.6 is 0 Å². The zero-order valence-corrected chi connectivity index (χ0v) is 9.87. The molecule has 1 aromatic rings. The number of amides is 1. The van der Waals surface area contributed by atoms with Gasteiger partial charge in [0, 0.05) is 16.9 Å². The number of rotatable bonds is 5. The van der Waals surface area contributed by atoms with Gasteiger partial charge < -0.3 is 26.6 Å². The number of anilines is 2. The van der Waals surface area contributed by atoms with Crippen LogP contribution in [-0.4, -0.2) is 46.0 Å². The van der Waals surface area contributed by atoms with E-state index in [9.17, 15) is 14.4 Å². The molecule has 6 N–H and O–H groups in total. The molecule has 1 amide bonds. The number of aliphatic carboxylic acids is 2. The van der Waals surface area contributed by atoms with Crippen LogP contribution in [-0.2, 0) is 9.59 Å². The zero-order valence-electron chi connectivity index (χ0n) is 9.87. The maximum Gasteiger partial charge on any atom is 0.323 e. The van der Waals surface area contributed by atoms with E-state index in [0.717, 1.165) is 0 Å². The number of hydrogen-bond acceptors (Lipinski definition) is 5. The molecule has 0 spiro atoms. The molecule has 102 valence electrons. The summed E-state index contributed by atoms with van der Waals surface area (Å²) < 4.78 is 0. The summed E-state index contributed by atoms with van der Waals surface area (Å²) in [6.45, 7) is -1.44. The average Bonchev–Trinajstić information content (AvgIpc) is 2.24. The van der Waals surface area contributed by atoms with E-state index in [2.05, 4.69) is 0 Å². The first kappa shape index (κ1) is 14.3. The third kappa shape index (κ3) is 4.19. The molecule has 0 aromatic heterocycles. The summed E-state index contributed by atoms with van der Waals surface area (Å²) in [6.07, 6.45) is 0. The third-order valence-electron chi connectivity index (χ3n) is 2.16. The second kappa shape index (κ2) is 5.71. The van der Waals surface area contributed by atoms with Gasteiger partial charge in [0.05, 0.1) is 0 Å². The molecule has 1 aromatic carbocycles. The Balaban J connectivity index is 3.03. The van der Waals surface area contributed by atoms with Crippen LogP contribution in [0.15, 0.2) is 18.2 Å². The maximum absolute atomic E-state index is 12.0. The second-order valence-electron chi connectivity index (χ2n) is 3.84. The first-order chi connectivity index (χ1) is 8.79. The van der Waals surface area contributed by atoms with E-state index in [-0.39, 0.29) is 16.9 Å². The summed E-state index contributed by atoms with van der Waals surface area (Å²) in [5, 5.41) is 17.3. The molecule has 0 fully saturated rings. The SMILES string of the molecule is Nc1cc(N)cc(C(=O)N(CC(=O)O)CC(=O)O)c1. The van der Waals surface area contributed by atoms with Crippen LogP contribution in [0.4, 0.5) is 11.4 Å². The number of nitrogens with two attached hydrogens (primary N) is 2. The molecule has 0 unspecified atom stereocenters. The molecule has 19 heavy (non-hydrogen) atoms. The first-order valence-electron chi connectivity index (χ1n) is 5.18. The quantitative estimate of drug-likeness (QED) is 0.524. The predicted molar refractivity (Wildman–Crippen MR) is 66.4 cm³/mol. The van der Waals surface area contributed by atoms with Crippen molar-refractivity contribution in [2.24, 2.45) is 0 Å². The van der Waals surface area contributed by atoms with Crippen molar-refractivity contribution in [2.75, 3.05) is 24.6 Å². The van der Waals surface area contributed by atoms with Crippen molar-refractivity contribution in [2.45, 2.75) is 0 Å². The van der Waals surface area contributed by atoms with Gasteiger partial charge in [0.2, 0.25) is 0 Å². The lowest BCUT2D eigenvalue weighted by Crippen LogP contribution is -2.39. The second-order valence-corrected chi connectivity index (χ2v) is 3.84. The van der Waals surface area contributed by atoms with Gasteiger partial charge in [-0.2, -0.15) is 0 Å². The van der Waals surface area contributed by atoms with E-state index in [1.807, 2.05) is 0 Å². The fourth-order valence-corrected chi connectivity index (χ4v) is 1.51. The fourth-order valence-electron chi connectivity index (χ4n) is 1.51. The van der Waals surface area contributed by atoms with Crippen LogP contribution < -0.4 is 11.5 Å². The molecule has 0 atom stereocenters. The van der Waals surface area contributed by atoms with Gasteiger partial charge in [-0.25, -0.2) is 0 Å². The number of carboxylic acids is 2. The highest BCUT2D eigenvalue weighted by atomic mass is 16.4. The molecule has 0 radical (unpaired) electrons. The highest BCUT2D eigenvalue weighted by Gasteiger charge is 2.21. The average molecular weight is 267 g/mol. The molecule has 8 heteroatoms. The van der Waals surface area contributed by atoms with Crippen molar-refractivity contribution in [1.82, 2.24) is 4.90 Å². The molecular weight excluding hydrogens is 254 g/mol. The molecule has 0 saturated carbocycles. The van der Waals surface area contributed by atoms with Gasteiger partial charge in [-0.15, -0.1) is 0 Å². The minimum absolute atomic E-state index is 0.0417. The molecule has 0 aliphatic heterocycles. The highest BCUT2D eigenvalue weighted by molar-refractivity contribution is 5.98. The number of carbonyl (C=O) groups excluding carboxylic acids is 1. The largest absolute Gasteiger partial charge is 0.480 e. The van der Waals surface area contributed by atoms with Crippen LogP contribution in [0.1, 0.15) is 10.4 Å². The van der Waals surface area contributed by atoms with Gasteiger partial charge in [0.25, 0.3) is 5.91 Å².